The Balaban J connectivity index is 1.75. The number of rotatable bonds is 5. The lowest BCUT2D eigenvalue weighted by atomic mass is 10.1. The van der Waals surface area contributed by atoms with Crippen molar-refractivity contribution in [3.05, 3.63) is 77.9 Å². The molecule has 128 valence electrons. The van der Waals surface area contributed by atoms with Crippen LogP contribution in [0, 0.1) is 0 Å². The summed E-state index contributed by atoms with van der Waals surface area (Å²) in [4.78, 5) is 12.4. The molecule has 5 nitrogen and oxygen atoms in total. The monoisotopic (exact) mass is 354 g/mol. The van der Waals surface area contributed by atoms with Gasteiger partial charge in [-0.2, -0.15) is 0 Å². The van der Waals surface area contributed by atoms with Crippen molar-refractivity contribution in [2.24, 2.45) is 0 Å². The first-order valence-corrected chi connectivity index (χ1v) is 9.27. The Kier molecular flexibility index (Phi) is 4.83. The van der Waals surface area contributed by atoms with Crippen LogP contribution in [0.25, 0.3) is 10.8 Å². The van der Waals surface area contributed by atoms with E-state index in [0.29, 0.717) is 12.1 Å². The second-order valence-electron chi connectivity index (χ2n) is 5.60. The van der Waals surface area contributed by atoms with E-state index in [9.17, 15) is 13.2 Å². The lowest BCUT2D eigenvalue weighted by Gasteiger charge is -2.08. The Labute approximate surface area is 146 Å². The second kappa shape index (κ2) is 7.04. The maximum Gasteiger partial charge on any atom is 0.251 e. The zero-order valence-electron chi connectivity index (χ0n) is 13.7. The predicted molar refractivity (Wildman–Crippen MR) is 97.8 cm³/mol. The van der Waals surface area contributed by atoms with Crippen LogP contribution in [0.1, 0.15) is 15.9 Å². The van der Waals surface area contributed by atoms with E-state index in [2.05, 4.69) is 10.0 Å². The number of sulfonamides is 1. The number of benzene rings is 3. The number of hydrogen-bond donors (Lipinski definition) is 2. The topological polar surface area (TPSA) is 75.3 Å². The summed E-state index contributed by atoms with van der Waals surface area (Å²) in [5, 5.41) is 5.07. The Bertz CT molecular complexity index is 1030. The summed E-state index contributed by atoms with van der Waals surface area (Å²) >= 11 is 0. The fourth-order valence-corrected chi connectivity index (χ4v) is 3.33. The number of nitrogens with one attached hydrogen (secondary N) is 2. The molecule has 0 atom stereocenters. The fraction of sp³-hybridized carbons (Fsp3) is 0.105. The number of fused-ring (bicyclic) bond motifs is 1. The lowest BCUT2D eigenvalue weighted by Crippen LogP contribution is -2.24. The number of amides is 1. The largest absolute Gasteiger partial charge is 0.348 e. The molecule has 3 aromatic rings. The molecule has 0 unspecified atom stereocenters. The molecular weight excluding hydrogens is 336 g/mol. The zero-order valence-corrected chi connectivity index (χ0v) is 14.5. The summed E-state index contributed by atoms with van der Waals surface area (Å²) in [7, 11) is -2.24. The van der Waals surface area contributed by atoms with Gasteiger partial charge in [-0.3, -0.25) is 4.79 Å². The van der Waals surface area contributed by atoms with E-state index in [1.807, 2.05) is 42.5 Å². The molecule has 0 aromatic heterocycles. The van der Waals surface area contributed by atoms with E-state index in [1.165, 1.54) is 19.2 Å². The van der Waals surface area contributed by atoms with Crippen molar-refractivity contribution in [2.75, 3.05) is 7.05 Å². The summed E-state index contributed by atoms with van der Waals surface area (Å²) in [5.74, 6) is -0.318. The molecule has 0 aliphatic carbocycles. The molecule has 0 fully saturated rings. The summed E-state index contributed by atoms with van der Waals surface area (Å²) in [6, 6.07) is 20.0. The van der Waals surface area contributed by atoms with Crippen LogP contribution < -0.4 is 10.0 Å². The average Bonchev–Trinajstić information content (AvgIpc) is 2.66. The molecule has 2 N–H and O–H groups in total. The van der Waals surface area contributed by atoms with Gasteiger partial charge in [0.2, 0.25) is 10.0 Å². The molecule has 0 saturated heterocycles. The molecule has 6 heteroatoms. The summed E-state index contributed by atoms with van der Waals surface area (Å²) in [6.45, 7) is 0.368. The molecule has 25 heavy (non-hydrogen) atoms. The second-order valence-corrected chi connectivity index (χ2v) is 7.49. The van der Waals surface area contributed by atoms with E-state index in [1.54, 1.807) is 12.1 Å². The first kappa shape index (κ1) is 17.1. The van der Waals surface area contributed by atoms with Gasteiger partial charge in [-0.25, -0.2) is 13.1 Å². The Morgan fingerprint density at radius 2 is 1.68 bits per heavy atom. The normalized spacial score (nSPS) is 11.4. The van der Waals surface area contributed by atoms with Crippen LogP contribution in [0.2, 0.25) is 0 Å². The molecular formula is C19H18N2O3S. The van der Waals surface area contributed by atoms with Crippen LogP contribution in [0.15, 0.2) is 71.6 Å². The minimum absolute atomic E-state index is 0.0633. The van der Waals surface area contributed by atoms with Gasteiger partial charge >= 0.3 is 0 Å². The summed E-state index contributed by atoms with van der Waals surface area (Å²) < 4.78 is 25.9. The highest BCUT2D eigenvalue weighted by Gasteiger charge is 2.14. The van der Waals surface area contributed by atoms with Gasteiger partial charge in [0.05, 0.1) is 4.90 Å². The van der Waals surface area contributed by atoms with Crippen molar-refractivity contribution in [1.29, 1.82) is 0 Å². The first-order chi connectivity index (χ1) is 12.0. The van der Waals surface area contributed by atoms with Gasteiger partial charge in [-0.1, -0.05) is 42.5 Å². The van der Waals surface area contributed by atoms with Crippen LogP contribution in [0.3, 0.4) is 0 Å². The van der Waals surface area contributed by atoms with Gasteiger partial charge < -0.3 is 5.32 Å². The number of carbonyl (C=O) groups excluding carboxylic acids is 1. The smallest absolute Gasteiger partial charge is 0.251 e. The molecule has 0 bridgehead atoms. The van der Waals surface area contributed by atoms with Gasteiger partial charge in [0, 0.05) is 12.1 Å². The zero-order chi connectivity index (χ0) is 17.9. The Hall–Kier alpha value is -2.70. The third kappa shape index (κ3) is 3.87. The van der Waals surface area contributed by atoms with Gasteiger partial charge in [0.25, 0.3) is 5.91 Å². The molecule has 3 aromatic carbocycles. The third-order valence-corrected chi connectivity index (χ3v) is 5.35. The van der Waals surface area contributed by atoms with Crippen molar-refractivity contribution >= 4 is 26.7 Å². The molecule has 0 heterocycles. The highest BCUT2D eigenvalue weighted by molar-refractivity contribution is 7.89. The van der Waals surface area contributed by atoms with E-state index in [4.69, 9.17) is 0 Å². The van der Waals surface area contributed by atoms with Crippen LogP contribution in [0.4, 0.5) is 0 Å². The molecule has 0 spiro atoms. The van der Waals surface area contributed by atoms with Crippen molar-refractivity contribution in [3.63, 3.8) is 0 Å². The lowest BCUT2D eigenvalue weighted by molar-refractivity contribution is 0.0950. The van der Waals surface area contributed by atoms with E-state index in [0.717, 1.165) is 16.3 Å². The minimum atomic E-state index is -3.58. The highest BCUT2D eigenvalue weighted by Crippen LogP contribution is 2.16. The van der Waals surface area contributed by atoms with Crippen LogP contribution in [-0.2, 0) is 16.6 Å². The molecule has 3 rings (SSSR count). The van der Waals surface area contributed by atoms with Gasteiger partial charge in [0.15, 0.2) is 0 Å². The molecule has 1 amide bonds. The molecule has 0 saturated carbocycles. The van der Waals surface area contributed by atoms with Crippen molar-refractivity contribution < 1.29 is 13.2 Å². The number of hydrogen-bond acceptors (Lipinski definition) is 3. The van der Waals surface area contributed by atoms with Crippen molar-refractivity contribution in [3.8, 4) is 0 Å². The SMILES string of the molecule is CNS(=O)(=O)c1cccc(C(=O)NCc2ccc3ccccc3c2)c1. The standard InChI is InChI=1S/C19H18N2O3S/c1-20-25(23,24)18-8-4-7-17(12-18)19(22)21-13-14-9-10-15-5-2-3-6-16(15)11-14/h2-12,20H,13H2,1H3,(H,21,22). The van der Waals surface area contributed by atoms with Crippen LogP contribution in [-0.4, -0.2) is 21.4 Å². The van der Waals surface area contributed by atoms with Crippen molar-refractivity contribution in [2.45, 2.75) is 11.4 Å². The molecule has 0 radical (unpaired) electrons. The van der Waals surface area contributed by atoms with E-state index < -0.39 is 10.0 Å². The average molecular weight is 354 g/mol. The summed E-state index contributed by atoms with van der Waals surface area (Å²) in [5.41, 5.74) is 1.28. The van der Waals surface area contributed by atoms with E-state index in [-0.39, 0.29) is 10.8 Å². The third-order valence-electron chi connectivity index (χ3n) is 3.94. The number of carbonyl (C=O) groups is 1. The van der Waals surface area contributed by atoms with Gasteiger partial charge in [-0.05, 0) is 47.6 Å². The highest BCUT2D eigenvalue weighted by atomic mass is 32.2. The van der Waals surface area contributed by atoms with E-state index >= 15 is 0 Å². The molecule has 0 aliphatic heterocycles. The van der Waals surface area contributed by atoms with Gasteiger partial charge in [0.1, 0.15) is 0 Å². The van der Waals surface area contributed by atoms with Crippen LogP contribution in [0.5, 0.6) is 0 Å². The predicted octanol–water partition coefficient (Wildman–Crippen LogP) is 2.68. The van der Waals surface area contributed by atoms with Gasteiger partial charge in [-0.15, -0.1) is 0 Å². The Morgan fingerprint density at radius 1 is 0.920 bits per heavy atom. The van der Waals surface area contributed by atoms with Crippen LogP contribution >= 0.6 is 0 Å². The maximum absolute atomic E-state index is 12.3. The van der Waals surface area contributed by atoms with Crippen molar-refractivity contribution in [1.82, 2.24) is 10.0 Å². The first-order valence-electron chi connectivity index (χ1n) is 7.79. The fourth-order valence-electron chi connectivity index (χ4n) is 2.56. The molecule has 0 aliphatic rings. The quantitative estimate of drug-likeness (QED) is 0.740. The maximum atomic E-state index is 12.3. The summed E-state index contributed by atoms with van der Waals surface area (Å²) in [6.07, 6.45) is 0. The Morgan fingerprint density at radius 3 is 2.44 bits per heavy atom. The minimum Gasteiger partial charge on any atom is -0.348 e.